The lowest BCUT2D eigenvalue weighted by Gasteiger charge is -2.53. The van der Waals surface area contributed by atoms with E-state index in [1.165, 1.54) is 24.8 Å². The Morgan fingerprint density at radius 2 is 1.90 bits per heavy atom. The molecule has 5 rings (SSSR count). The number of benzene rings is 1. The number of ether oxygens (including phenoxy) is 1. The quantitative estimate of drug-likeness (QED) is 0.683. The number of aliphatic hydroxyl groups is 1. The molecular weight excluding hydrogens is 390 g/mol. The molecule has 1 aromatic carbocycles. The number of nitrogens with one attached hydrogen (secondary N) is 1. The molecule has 6 nitrogen and oxygen atoms in total. The maximum atomic E-state index is 12.3. The molecule has 1 aromatic rings. The maximum absolute atomic E-state index is 12.3. The van der Waals surface area contributed by atoms with Gasteiger partial charge in [0.1, 0.15) is 0 Å². The van der Waals surface area contributed by atoms with E-state index >= 15 is 0 Å². The number of rotatable bonds is 6. The number of aliphatic hydroxyl groups excluding tert-OH is 1. The lowest BCUT2D eigenvalue weighted by Crippen LogP contribution is -2.56. The lowest BCUT2D eigenvalue weighted by atomic mass is 9.63. The number of nitrogens with zero attached hydrogens (tertiary/aromatic N) is 2. The van der Waals surface area contributed by atoms with Crippen molar-refractivity contribution >= 4 is 5.91 Å². The highest BCUT2D eigenvalue weighted by Gasteiger charge is 2.54. The van der Waals surface area contributed by atoms with Gasteiger partial charge in [0, 0.05) is 43.6 Å². The van der Waals surface area contributed by atoms with Gasteiger partial charge < -0.3 is 20.1 Å². The van der Waals surface area contributed by atoms with E-state index in [9.17, 15) is 9.90 Å². The maximum Gasteiger partial charge on any atom is 0.220 e. The number of carbonyl (C=O) groups is 1. The third kappa shape index (κ3) is 4.15. The summed E-state index contributed by atoms with van der Waals surface area (Å²) in [6.45, 7) is 6.57. The highest BCUT2D eigenvalue weighted by Crippen LogP contribution is 2.52. The van der Waals surface area contributed by atoms with Crippen molar-refractivity contribution in [3.63, 3.8) is 0 Å². The Labute approximate surface area is 185 Å². The van der Waals surface area contributed by atoms with Crippen LogP contribution in [0, 0.1) is 10.8 Å². The van der Waals surface area contributed by atoms with Gasteiger partial charge in [-0.25, -0.2) is 0 Å². The van der Waals surface area contributed by atoms with Crippen molar-refractivity contribution in [2.45, 2.75) is 70.4 Å². The molecule has 3 aliphatic heterocycles. The molecule has 3 heterocycles. The standard InChI is InChI=1S/C25H37N3O3/c1-2-31-23(30)28-11-8-24(18-28)15-20(16-24)27-12-9-25(10-13-27)17-22(29)26-21(25)14-19-6-4-3-5-7-19/h3-7,20-21,23,30H,2,8-18H2,1H3,(H,26,29). The Balaban J connectivity index is 1.15. The van der Waals surface area contributed by atoms with Crippen LogP contribution >= 0.6 is 0 Å². The van der Waals surface area contributed by atoms with Crippen LogP contribution in [0.15, 0.2) is 30.3 Å². The summed E-state index contributed by atoms with van der Waals surface area (Å²) in [5.41, 5.74) is 1.81. The molecule has 1 aliphatic carbocycles. The minimum atomic E-state index is -0.743. The molecule has 2 N–H and O–H groups in total. The van der Waals surface area contributed by atoms with E-state index in [1.54, 1.807) is 0 Å². The van der Waals surface area contributed by atoms with E-state index < -0.39 is 6.41 Å². The molecule has 2 unspecified atom stereocenters. The summed E-state index contributed by atoms with van der Waals surface area (Å²) in [6.07, 6.45) is 6.76. The van der Waals surface area contributed by atoms with Crippen molar-refractivity contribution in [2.75, 3.05) is 32.8 Å². The topological polar surface area (TPSA) is 65.0 Å². The van der Waals surface area contributed by atoms with Crippen molar-refractivity contribution in [1.29, 1.82) is 0 Å². The van der Waals surface area contributed by atoms with E-state index in [0.29, 0.717) is 24.5 Å². The molecule has 0 bridgehead atoms. The smallest absolute Gasteiger partial charge is 0.220 e. The van der Waals surface area contributed by atoms with Gasteiger partial charge in [0.15, 0.2) is 0 Å². The number of hydrogen-bond acceptors (Lipinski definition) is 5. The van der Waals surface area contributed by atoms with Crippen molar-refractivity contribution < 1.29 is 14.6 Å². The highest BCUT2D eigenvalue weighted by atomic mass is 16.6. The van der Waals surface area contributed by atoms with Gasteiger partial charge >= 0.3 is 0 Å². The number of hydrogen-bond donors (Lipinski definition) is 2. The molecule has 31 heavy (non-hydrogen) atoms. The first-order valence-electron chi connectivity index (χ1n) is 12.1. The molecule has 4 fully saturated rings. The van der Waals surface area contributed by atoms with Crippen LogP contribution in [0.25, 0.3) is 0 Å². The zero-order valence-electron chi connectivity index (χ0n) is 18.8. The number of likely N-dealkylation sites (tertiary alicyclic amines) is 2. The molecule has 2 atom stereocenters. The zero-order chi connectivity index (χ0) is 21.5. The fraction of sp³-hybridized carbons (Fsp3) is 0.720. The molecule has 2 spiro atoms. The Bertz CT molecular complexity index is 771. The Hall–Kier alpha value is -1.47. The molecule has 1 saturated carbocycles. The van der Waals surface area contributed by atoms with Crippen LogP contribution in [-0.2, 0) is 16.0 Å². The van der Waals surface area contributed by atoms with Gasteiger partial charge in [0.25, 0.3) is 0 Å². The van der Waals surface area contributed by atoms with Crippen molar-refractivity contribution in [3.05, 3.63) is 35.9 Å². The molecule has 4 aliphatic rings. The van der Waals surface area contributed by atoms with Gasteiger partial charge in [-0.15, -0.1) is 0 Å². The van der Waals surface area contributed by atoms with Crippen molar-refractivity contribution in [1.82, 2.24) is 15.1 Å². The summed E-state index contributed by atoms with van der Waals surface area (Å²) < 4.78 is 5.38. The van der Waals surface area contributed by atoms with E-state index in [0.717, 1.165) is 45.4 Å². The molecule has 0 aromatic heterocycles. The molecule has 1 amide bonds. The SMILES string of the molecule is CCOC(O)N1CCC2(CC(N3CCC4(CC3)CC(=O)NC4Cc3ccccc3)C2)C1. The van der Waals surface area contributed by atoms with Crippen molar-refractivity contribution in [3.8, 4) is 0 Å². The Kier molecular flexibility index (Phi) is 5.84. The predicted molar refractivity (Wildman–Crippen MR) is 119 cm³/mol. The second kappa shape index (κ2) is 8.47. The number of amides is 1. The summed E-state index contributed by atoms with van der Waals surface area (Å²) in [7, 11) is 0. The third-order valence-electron chi connectivity index (χ3n) is 8.61. The van der Waals surface area contributed by atoms with E-state index in [1.807, 2.05) is 6.92 Å². The van der Waals surface area contributed by atoms with Gasteiger partial charge in [0.05, 0.1) is 0 Å². The fourth-order valence-corrected chi connectivity index (χ4v) is 6.76. The molecule has 6 heteroatoms. The van der Waals surface area contributed by atoms with Gasteiger partial charge in [0.2, 0.25) is 12.3 Å². The van der Waals surface area contributed by atoms with Crippen LogP contribution in [0.1, 0.15) is 51.0 Å². The zero-order valence-corrected chi connectivity index (χ0v) is 18.8. The van der Waals surface area contributed by atoms with Crippen molar-refractivity contribution in [2.24, 2.45) is 10.8 Å². The molecule has 170 valence electrons. The first kappa shape index (κ1) is 21.4. The summed E-state index contributed by atoms with van der Waals surface area (Å²) in [5.74, 6) is 0.232. The van der Waals surface area contributed by atoms with Gasteiger partial charge in [-0.05, 0) is 69.5 Å². The van der Waals surface area contributed by atoms with Crippen LogP contribution in [-0.4, -0.2) is 72.1 Å². The summed E-state index contributed by atoms with van der Waals surface area (Å²) in [5, 5.41) is 13.4. The minimum Gasteiger partial charge on any atom is -0.356 e. The predicted octanol–water partition coefficient (Wildman–Crippen LogP) is 2.37. The normalized spacial score (nSPS) is 34.2. The van der Waals surface area contributed by atoms with Crippen LogP contribution in [0.5, 0.6) is 0 Å². The van der Waals surface area contributed by atoms with Gasteiger partial charge in [-0.1, -0.05) is 30.3 Å². The summed E-state index contributed by atoms with van der Waals surface area (Å²) >= 11 is 0. The second-order valence-electron chi connectivity index (χ2n) is 10.4. The lowest BCUT2D eigenvalue weighted by molar-refractivity contribution is -0.188. The van der Waals surface area contributed by atoms with E-state index in [-0.39, 0.29) is 17.4 Å². The monoisotopic (exact) mass is 427 g/mol. The largest absolute Gasteiger partial charge is 0.356 e. The third-order valence-corrected chi connectivity index (χ3v) is 8.61. The Morgan fingerprint density at radius 3 is 2.61 bits per heavy atom. The highest BCUT2D eigenvalue weighted by molar-refractivity contribution is 5.80. The molecule has 0 radical (unpaired) electrons. The minimum absolute atomic E-state index is 0.122. The Morgan fingerprint density at radius 1 is 1.16 bits per heavy atom. The summed E-state index contributed by atoms with van der Waals surface area (Å²) in [6, 6.07) is 11.5. The van der Waals surface area contributed by atoms with Gasteiger partial charge in [-0.2, -0.15) is 0 Å². The van der Waals surface area contributed by atoms with Gasteiger partial charge in [-0.3, -0.25) is 9.69 Å². The molecular formula is C25H37N3O3. The second-order valence-corrected chi connectivity index (χ2v) is 10.4. The number of piperidine rings is 1. The fourth-order valence-electron chi connectivity index (χ4n) is 6.76. The summed E-state index contributed by atoms with van der Waals surface area (Å²) in [4.78, 5) is 17.1. The van der Waals surface area contributed by atoms with Crippen LogP contribution in [0.2, 0.25) is 0 Å². The first-order valence-corrected chi connectivity index (χ1v) is 12.1. The number of carbonyl (C=O) groups excluding carboxylic acids is 1. The van der Waals surface area contributed by atoms with Crippen LogP contribution < -0.4 is 5.32 Å². The van der Waals surface area contributed by atoms with Crippen LogP contribution in [0.4, 0.5) is 0 Å². The van der Waals surface area contributed by atoms with E-state index in [2.05, 4.69) is 45.4 Å². The van der Waals surface area contributed by atoms with Crippen LogP contribution in [0.3, 0.4) is 0 Å². The first-order chi connectivity index (χ1) is 15.0. The molecule has 3 saturated heterocycles. The average molecular weight is 428 g/mol. The van der Waals surface area contributed by atoms with E-state index in [4.69, 9.17) is 4.74 Å². The average Bonchev–Trinajstić information content (AvgIpc) is 3.31.